The maximum atomic E-state index is 11.7. The van der Waals surface area contributed by atoms with Crippen molar-refractivity contribution < 1.29 is 19.0 Å². The van der Waals surface area contributed by atoms with Crippen LogP contribution in [0.2, 0.25) is 0 Å². The van der Waals surface area contributed by atoms with Gasteiger partial charge in [0.15, 0.2) is 0 Å². The fraction of sp³-hybridized carbons (Fsp3) is 0.235. The third-order valence-electron chi connectivity index (χ3n) is 3.48. The Morgan fingerprint density at radius 1 is 1.24 bits per heavy atom. The Balaban J connectivity index is 1.75. The molecule has 2 aromatic rings. The van der Waals surface area contributed by atoms with Gasteiger partial charge in [0.05, 0.1) is 19.3 Å². The van der Waals surface area contributed by atoms with E-state index in [9.17, 15) is 4.79 Å². The van der Waals surface area contributed by atoms with Gasteiger partial charge in [0.1, 0.15) is 18.1 Å². The first kappa shape index (κ1) is 13.5. The second-order valence-corrected chi connectivity index (χ2v) is 4.81. The number of hydrogen-bond acceptors (Lipinski definition) is 4. The SMILES string of the molecule is COC(=O)c1ccccc1COc1ccc2c(c1)CCO2. The van der Waals surface area contributed by atoms with Crippen molar-refractivity contribution in [3.63, 3.8) is 0 Å². The van der Waals surface area contributed by atoms with Gasteiger partial charge in [-0.05, 0) is 24.3 Å². The molecule has 1 aliphatic heterocycles. The molecule has 1 aliphatic rings. The first-order chi connectivity index (χ1) is 10.3. The summed E-state index contributed by atoms with van der Waals surface area (Å²) >= 11 is 0. The number of benzene rings is 2. The van der Waals surface area contributed by atoms with Crippen LogP contribution in [0.4, 0.5) is 0 Å². The van der Waals surface area contributed by atoms with Crippen molar-refractivity contribution in [2.45, 2.75) is 13.0 Å². The second-order valence-electron chi connectivity index (χ2n) is 4.81. The van der Waals surface area contributed by atoms with Crippen molar-refractivity contribution in [2.24, 2.45) is 0 Å². The number of fused-ring (bicyclic) bond motifs is 1. The molecule has 4 heteroatoms. The zero-order valence-corrected chi connectivity index (χ0v) is 11.8. The Kier molecular flexibility index (Phi) is 3.77. The van der Waals surface area contributed by atoms with E-state index >= 15 is 0 Å². The van der Waals surface area contributed by atoms with Crippen LogP contribution in [0, 0.1) is 0 Å². The predicted octanol–water partition coefficient (Wildman–Crippen LogP) is 2.99. The lowest BCUT2D eigenvalue weighted by Gasteiger charge is -2.10. The molecule has 0 N–H and O–H groups in total. The van der Waals surface area contributed by atoms with E-state index in [1.807, 2.05) is 36.4 Å². The molecule has 0 aliphatic carbocycles. The summed E-state index contributed by atoms with van der Waals surface area (Å²) in [7, 11) is 1.38. The van der Waals surface area contributed by atoms with E-state index in [0.29, 0.717) is 12.2 Å². The number of carbonyl (C=O) groups excluding carboxylic acids is 1. The van der Waals surface area contributed by atoms with Gasteiger partial charge in [-0.3, -0.25) is 0 Å². The largest absolute Gasteiger partial charge is 0.493 e. The summed E-state index contributed by atoms with van der Waals surface area (Å²) in [5.41, 5.74) is 2.50. The minimum Gasteiger partial charge on any atom is -0.493 e. The van der Waals surface area contributed by atoms with E-state index in [2.05, 4.69) is 0 Å². The highest BCUT2D eigenvalue weighted by atomic mass is 16.5. The molecular formula is C17H16O4. The maximum absolute atomic E-state index is 11.7. The van der Waals surface area contributed by atoms with E-state index in [1.165, 1.54) is 7.11 Å². The lowest BCUT2D eigenvalue weighted by Crippen LogP contribution is -2.07. The number of esters is 1. The van der Waals surface area contributed by atoms with Crippen LogP contribution in [0.15, 0.2) is 42.5 Å². The molecule has 1 heterocycles. The van der Waals surface area contributed by atoms with Gasteiger partial charge in [-0.25, -0.2) is 4.79 Å². The average molecular weight is 284 g/mol. The van der Waals surface area contributed by atoms with Gasteiger partial charge >= 0.3 is 5.97 Å². The molecule has 0 amide bonds. The first-order valence-electron chi connectivity index (χ1n) is 6.82. The fourth-order valence-electron chi connectivity index (χ4n) is 2.37. The van der Waals surface area contributed by atoms with Crippen molar-refractivity contribution in [2.75, 3.05) is 13.7 Å². The molecule has 0 fully saturated rings. The Labute approximate surface area is 123 Å². The van der Waals surface area contributed by atoms with E-state index < -0.39 is 0 Å². The molecule has 0 aromatic heterocycles. The fourth-order valence-corrected chi connectivity index (χ4v) is 2.37. The highest BCUT2D eigenvalue weighted by Crippen LogP contribution is 2.29. The van der Waals surface area contributed by atoms with Crippen LogP contribution in [-0.2, 0) is 17.8 Å². The number of carbonyl (C=O) groups is 1. The summed E-state index contributed by atoms with van der Waals surface area (Å²) in [6.07, 6.45) is 0.908. The van der Waals surface area contributed by atoms with Crippen LogP contribution in [0.25, 0.3) is 0 Å². The number of methoxy groups -OCH3 is 1. The molecule has 21 heavy (non-hydrogen) atoms. The number of hydrogen-bond donors (Lipinski definition) is 0. The van der Waals surface area contributed by atoms with Crippen molar-refractivity contribution >= 4 is 5.97 Å². The van der Waals surface area contributed by atoms with Gasteiger partial charge in [-0.2, -0.15) is 0 Å². The summed E-state index contributed by atoms with van der Waals surface area (Å²) in [5, 5.41) is 0. The lowest BCUT2D eigenvalue weighted by molar-refractivity contribution is 0.0597. The van der Waals surface area contributed by atoms with Crippen LogP contribution in [0.1, 0.15) is 21.5 Å². The standard InChI is InChI=1S/C17H16O4/c1-19-17(18)15-5-3-2-4-13(15)11-21-14-6-7-16-12(10-14)8-9-20-16/h2-7,10H,8-9,11H2,1H3. The molecular weight excluding hydrogens is 268 g/mol. The molecule has 4 nitrogen and oxygen atoms in total. The van der Waals surface area contributed by atoms with Gasteiger partial charge in [0.25, 0.3) is 0 Å². The van der Waals surface area contributed by atoms with E-state index in [1.54, 1.807) is 6.07 Å². The van der Waals surface area contributed by atoms with E-state index in [-0.39, 0.29) is 5.97 Å². The van der Waals surface area contributed by atoms with Crippen LogP contribution in [0.5, 0.6) is 11.5 Å². The highest BCUT2D eigenvalue weighted by molar-refractivity contribution is 5.90. The van der Waals surface area contributed by atoms with Crippen LogP contribution in [0.3, 0.4) is 0 Å². The molecule has 0 unspecified atom stereocenters. The average Bonchev–Trinajstić information content (AvgIpc) is 3.00. The summed E-state index contributed by atoms with van der Waals surface area (Å²) < 4.78 is 16.0. The second kappa shape index (κ2) is 5.87. The topological polar surface area (TPSA) is 44.8 Å². The third kappa shape index (κ3) is 2.84. The summed E-state index contributed by atoms with van der Waals surface area (Å²) in [5.74, 6) is 1.35. The highest BCUT2D eigenvalue weighted by Gasteiger charge is 2.14. The summed E-state index contributed by atoms with van der Waals surface area (Å²) in [6.45, 7) is 1.05. The molecule has 0 atom stereocenters. The van der Waals surface area contributed by atoms with Crippen molar-refractivity contribution in [1.29, 1.82) is 0 Å². The minimum absolute atomic E-state index is 0.324. The summed E-state index contributed by atoms with van der Waals surface area (Å²) in [6, 6.07) is 13.1. The Bertz CT molecular complexity index is 664. The van der Waals surface area contributed by atoms with Gasteiger partial charge in [0, 0.05) is 17.5 Å². The Morgan fingerprint density at radius 3 is 2.95 bits per heavy atom. The molecule has 0 saturated carbocycles. The Hall–Kier alpha value is -2.49. The van der Waals surface area contributed by atoms with Gasteiger partial charge in [-0.15, -0.1) is 0 Å². The van der Waals surface area contributed by atoms with Crippen LogP contribution < -0.4 is 9.47 Å². The van der Waals surface area contributed by atoms with Gasteiger partial charge in [-0.1, -0.05) is 18.2 Å². The zero-order chi connectivity index (χ0) is 14.7. The minimum atomic E-state index is -0.350. The quantitative estimate of drug-likeness (QED) is 0.810. The predicted molar refractivity (Wildman–Crippen MR) is 77.8 cm³/mol. The monoisotopic (exact) mass is 284 g/mol. The summed E-state index contributed by atoms with van der Waals surface area (Å²) in [4.78, 5) is 11.7. The third-order valence-corrected chi connectivity index (χ3v) is 3.48. The molecule has 2 aromatic carbocycles. The van der Waals surface area contributed by atoms with Gasteiger partial charge in [0.2, 0.25) is 0 Å². The van der Waals surface area contributed by atoms with E-state index in [4.69, 9.17) is 14.2 Å². The smallest absolute Gasteiger partial charge is 0.338 e. The van der Waals surface area contributed by atoms with Crippen molar-refractivity contribution in [3.05, 3.63) is 59.2 Å². The molecule has 0 spiro atoms. The van der Waals surface area contributed by atoms with E-state index in [0.717, 1.165) is 35.7 Å². The number of ether oxygens (including phenoxy) is 3. The maximum Gasteiger partial charge on any atom is 0.338 e. The van der Waals surface area contributed by atoms with Gasteiger partial charge < -0.3 is 14.2 Å². The molecule has 0 saturated heterocycles. The Morgan fingerprint density at radius 2 is 2.10 bits per heavy atom. The van der Waals surface area contributed by atoms with Crippen LogP contribution in [-0.4, -0.2) is 19.7 Å². The zero-order valence-electron chi connectivity index (χ0n) is 11.8. The molecule has 108 valence electrons. The lowest BCUT2D eigenvalue weighted by atomic mass is 10.1. The normalized spacial score (nSPS) is 12.4. The number of rotatable bonds is 4. The van der Waals surface area contributed by atoms with Crippen molar-refractivity contribution in [3.8, 4) is 11.5 Å². The molecule has 3 rings (SSSR count). The molecule has 0 bridgehead atoms. The van der Waals surface area contributed by atoms with Crippen LogP contribution >= 0.6 is 0 Å². The molecule has 0 radical (unpaired) electrons. The van der Waals surface area contributed by atoms with Crippen molar-refractivity contribution in [1.82, 2.24) is 0 Å². The first-order valence-corrected chi connectivity index (χ1v) is 6.82.